The average molecular weight is 306 g/mol. The predicted octanol–water partition coefficient (Wildman–Crippen LogP) is 2.21. The lowest BCUT2D eigenvalue weighted by atomic mass is 9.93. The Kier molecular flexibility index (Phi) is 5.38. The van der Waals surface area contributed by atoms with Gasteiger partial charge in [0.25, 0.3) is 0 Å². The van der Waals surface area contributed by atoms with Crippen molar-refractivity contribution >= 4 is 17.7 Å². The number of hydrogen-bond donors (Lipinski definition) is 3. The Balaban J connectivity index is 1.97. The zero-order valence-electron chi connectivity index (χ0n) is 12.9. The third-order valence-electron chi connectivity index (χ3n) is 3.94. The molecule has 1 fully saturated rings. The second kappa shape index (κ2) is 7.26. The normalized spacial score (nSPS) is 21.0. The Morgan fingerprint density at radius 1 is 1.23 bits per heavy atom. The van der Waals surface area contributed by atoms with Crippen molar-refractivity contribution in [2.24, 2.45) is 0 Å². The van der Waals surface area contributed by atoms with Gasteiger partial charge in [0.15, 0.2) is 0 Å². The minimum Gasteiger partial charge on any atom is -0.465 e. The lowest BCUT2D eigenvalue weighted by Gasteiger charge is -2.26. The van der Waals surface area contributed by atoms with Crippen molar-refractivity contribution in [3.8, 4) is 0 Å². The molecule has 1 aliphatic carbocycles. The van der Waals surface area contributed by atoms with E-state index in [1.165, 1.54) is 7.11 Å². The fraction of sp³-hybridized carbons (Fsp3) is 0.500. The van der Waals surface area contributed by atoms with E-state index in [0.717, 1.165) is 18.4 Å². The molecule has 0 radical (unpaired) electrons. The molecule has 2 amide bonds. The van der Waals surface area contributed by atoms with Crippen molar-refractivity contribution in [2.75, 3.05) is 12.4 Å². The van der Waals surface area contributed by atoms with Crippen molar-refractivity contribution in [2.45, 2.75) is 44.8 Å². The monoisotopic (exact) mass is 306 g/mol. The molecule has 0 spiro atoms. The smallest absolute Gasteiger partial charge is 0.337 e. The number of carbonyl (C=O) groups excluding carboxylic acids is 2. The Morgan fingerprint density at radius 3 is 2.55 bits per heavy atom. The van der Waals surface area contributed by atoms with Crippen LogP contribution < -0.4 is 10.6 Å². The fourth-order valence-electron chi connectivity index (χ4n) is 2.57. The van der Waals surface area contributed by atoms with E-state index in [9.17, 15) is 14.7 Å². The van der Waals surface area contributed by atoms with Gasteiger partial charge in [0.1, 0.15) is 0 Å². The third-order valence-corrected chi connectivity index (χ3v) is 3.94. The van der Waals surface area contributed by atoms with Gasteiger partial charge < -0.3 is 20.5 Å². The van der Waals surface area contributed by atoms with Crippen LogP contribution in [0.15, 0.2) is 18.2 Å². The predicted molar refractivity (Wildman–Crippen MR) is 82.9 cm³/mol. The molecule has 0 aliphatic heterocycles. The number of methoxy groups -OCH3 is 1. The highest BCUT2D eigenvalue weighted by Gasteiger charge is 2.21. The molecule has 0 bridgehead atoms. The Labute approximate surface area is 129 Å². The number of carbonyl (C=O) groups is 2. The first-order valence-corrected chi connectivity index (χ1v) is 7.44. The maximum absolute atomic E-state index is 12.1. The second-order valence-electron chi connectivity index (χ2n) is 5.63. The van der Waals surface area contributed by atoms with Crippen LogP contribution in [0, 0.1) is 6.92 Å². The lowest BCUT2D eigenvalue weighted by molar-refractivity contribution is 0.0600. The van der Waals surface area contributed by atoms with Crippen LogP contribution in [0.2, 0.25) is 0 Å². The number of hydrogen-bond acceptors (Lipinski definition) is 4. The van der Waals surface area contributed by atoms with Crippen LogP contribution in [-0.4, -0.2) is 36.4 Å². The highest BCUT2D eigenvalue weighted by molar-refractivity contribution is 5.94. The molecule has 0 unspecified atom stereocenters. The fourth-order valence-corrected chi connectivity index (χ4v) is 2.57. The van der Waals surface area contributed by atoms with Crippen molar-refractivity contribution in [3.63, 3.8) is 0 Å². The van der Waals surface area contributed by atoms with Crippen LogP contribution in [0.5, 0.6) is 0 Å². The highest BCUT2D eigenvalue weighted by Crippen LogP contribution is 2.20. The molecule has 0 atom stereocenters. The van der Waals surface area contributed by atoms with Crippen LogP contribution in [0.4, 0.5) is 10.5 Å². The summed E-state index contributed by atoms with van der Waals surface area (Å²) in [6.07, 6.45) is 2.72. The number of benzene rings is 1. The van der Waals surface area contributed by atoms with Crippen LogP contribution in [0.25, 0.3) is 0 Å². The SMILES string of the molecule is COC(=O)c1ccc(C)c(NC(=O)NC2CCC(O)CC2)c1. The van der Waals surface area contributed by atoms with Gasteiger partial charge >= 0.3 is 12.0 Å². The largest absolute Gasteiger partial charge is 0.465 e. The van der Waals surface area contributed by atoms with Crippen molar-refractivity contribution in [1.29, 1.82) is 0 Å². The first kappa shape index (κ1) is 16.3. The molecule has 2 rings (SSSR count). The Bertz CT molecular complexity index is 551. The number of esters is 1. The highest BCUT2D eigenvalue weighted by atomic mass is 16.5. The topological polar surface area (TPSA) is 87.7 Å². The van der Waals surface area contributed by atoms with Gasteiger partial charge in [-0.05, 0) is 50.3 Å². The van der Waals surface area contributed by atoms with E-state index in [1.54, 1.807) is 18.2 Å². The van der Waals surface area contributed by atoms with Gasteiger partial charge in [0, 0.05) is 11.7 Å². The number of anilines is 1. The summed E-state index contributed by atoms with van der Waals surface area (Å²) in [6, 6.07) is 4.80. The number of aliphatic hydroxyl groups is 1. The van der Waals surface area contributed by atoms with E-state index in [1.807, 2.05) is 6.92 Å². The van der Waals surface area contributed by atoms with E-state index >= 15 is 0 Å². The van der Waals surface area contributed by atoms with Gasteiger partial charge in [0.2, 0.25) is 0 Å². The first-order chi connectivity index (χ1) is 10.5. The number of amides is 2. The zero-order valence-corrected chi connectivity index (χ0v) is 12.9. The minimum absolute atomic E-state index is 0.0764. The number of aryl methyl sites for hydroxylation is 1. The summed E-state index contributed by atoms with van der Waals surface area (Å²) < 4.78 is 4.68. The van der Waals surface area contributed by atoms with Gasteiger partial charge in [-0.3, -0.25) is 0 Å². The first-order valence-electron chi connectivity index (χ1n) is 7.44. The molecule has 1 saturated carbocycles. The summed E-state index contributed by atoms with van der Waals surface area (Å²) in [7, 11) is 1.32. The van der Waals surface area contributed by atoms with E-state index in [0.29, 0.717) is 24.1 Å². The van der Waals surface area contributed by atoms with E-state index in [4.69, 9.17) is 0 Å². The van der Waals surface area contributed by atoms with Crippen LogP contribution in [0.1, 0.15) is 41.6 Å². The molecule has 120 valence electrons. The maximum Gasteiger partial charge on any atom is 0.337 e. The van der Waals surface area contributed by atoms with E-state index in [2.05, 4.69) is 15.4 Å². The molecule has 1 aromatic carbocycles. The van der Waals surface area contributed by atoms with E-state index < -0.39 is 5.97 Å². The molecule has 6 nitrogen and oxygen atoms in total. The number of rotatable bonds is 3. The summed E-state index contributed by atoms with van der Waals surface area (Å²) in [6.45, 7) is 1.85. The summed E-state index contributed by atoms with van der Waals surface area (Å²) in [5.74, 6) is -0.440. The van der Waals surface area contributed by atoms with Gasteiger partial charge in [-0.15, -0.1) is 0 Å². The lowest BCUT2D eigenvalue weighted by Crippen LogP contribution is -2.41. The van der Waals surface area contributed by atoms with Crippen LogP contribution in [-0.2, 0) is 4.74 Å². The summed E-state index contributed by atoms with van der Waals surface area (Å²) in [4.78, 5) is 23.6. The maximum atomic E-state index is 12.1. The molecule has 1 aliphatic rings. The molecule has 6 heteroatoms. The zero-order chi connectivity index (χ0) is 16.1. The van der Waals surface area contributed by atoms with Gasteiger partial charge in [-0.2, -0.15) is 0 Å². The van der Waals surface area contributed by atoms with Gasteiger partial charge in [-0.25, -0.2) is 9.59 Å². The number of nitrogens with one attached hydrogen (secondary N) is 2. The average Bonchev–Trinajstić information content (AvgIpc) is 2.51. The third kappa shape index (κ3) is 4.21. The summed E-state index contributed by atoms with van der Waals surface area (Å²) >= 11 is 0. The minimum atomic E-state index is -0.440. The van der Waals surface area contributed by atoms with Crippen molar-refractivity contribution in [3.05, 3.63) is 29.3 Å². The second-order valence-corrected chi connectivity index (χ2v) is 5.63. The molecular weight excluding hydrogens is 284 g/mol. The Hall–Kier alpha value is -2.08. The molecular formula is C16H22N2O4. The molecule has 0 heterocycles. The molecule has 0 saturated heterocycles. The number of aliphatic hydroxyl groups excluding tert-OH is 1. The number of urea groups is 1. The molecule has 0 aromatic heterocycles. The summed E-state index contributed by atoms with van der Waals surface area (Å²) in [5.41, 5.74) is 1.84. The molecule has 3 N–H and O–H groups in total. The van der Waals surface area contributed by atoms with Crippen molar-refractivity contribution < 1.29 is 19.4 Å². The van der Waals surface area contributed by atoms with Crippen molar-refractivity contribution in [1.82, 2.24) is 5.32 Å². The van der Waals surface area contributed by atoms with Crippen LogP contribution in [0.3, 0.4) is 0 Å². The molecule has 1 aromatic rings. The van der Waals surface area contributed by atoms with E-state index in [-0.39, 0.29) is 18.2 Å². The van der Waals surface area contributed by atoms with Gasteiger partial charge in [0.05, 0.1) is 18.8 Å². The standard InChI is InChI=1S/C16H22N2O4/c1-10-3-4-11(15(20)22-2)9-14(10)18-16(21)17-12-5-7-13(19)8-6-12/h3-4,9,12-13,19H,5-8H2,1-2H3,(H2,17,18,21). The Morgan fingerprint density at radius 2 is 1.91 bits per heavy atom. The number of ether oxygens (including phenoxy) is 1. The van der Waals surface area contributed by atoms with Gasteiger partial charge in [-0.1, -0.05) is 6.07 Å². The summed E-state index contributed by atoms with van der Waals surface area (Å²) in [5, 5.41) is 15.1. The molecule has 22 heavy (non-hydrogen) atoms. The van der Waals surface area contributed by atoms with Crippen LogP contribution >= 0.6 is 0 Å². The quantitative estimate of drug-likeness (QED) is 0.747.